The smallest absolute Gasteiger partial charge is 0.253 e. The lowest BCUT2D eigenvalue weighted by molar-refractivity contribution is -0.123. The van der Waals surface area contributed by atoms with Gasteiger partial charge in [-0.25, -0.2) is 4.68 Å². The van der Waals surface area contributed by atoms with E-state index in [4.69, 9.17) is 0 Å². The predicted octanol–water partition coefficient (Wildman–Crippen LogP) is 2.32. The number of likely N-dealkylation sites (tertiary alicyclic amines) is 1. The number of carbonyl (C=O) groups is 2. The molecule has 1 aromatic heterocycles. The predicted molar refractivity (Wildman–Crippen MR) is 118 cm³/mol. The van der Waals surface area contributed by atoms with Gasteiger partial charge in [0.25, 0.3) is 5.91 Å². The number of benzene rings is 1. The second kappa shape index (κ2) is 10.1. The highest BCUT2D eigenvalue weighted by molar-refractivity contribution is 5.94. The van der Waals surface area contributed by atoms with E-state index in [0.717, 1.165) is 50.0 Å². The summed E-state index contributed by atoms with van der Waals surface area (Å²) in [6, 6.07) is 7.54. The van der Waals surface area contributed by atoms with Crippen molar-refractivity contribution in [3.8, 4) is 5.69 Å². The molecule has 2 amide bonds. The summed E-state index contributed by atoms with van der Waals surface area (Å²) in [4.78, 5) is 27.1. The van der Waals surface area contributed by atoms with Crippen molar-refractivity contribution in [1.29, 1.82) is 0 Å². The van der Waals surface area contributed by atoms with Gasteiger partial charge in [0.1, 0.15) is 0 Å². The van der Waals surface area contributed by atoms with Crippen molar-refractivity contribution in [3.63, 3.8) is 0 Å². The average molecular weight is 432 g/mol. The number of nitrogens with one attached hydrogen (secondary N) is 2. The minimum Gasteiger partial charge on any atom is -0.354 e. The Hall–Kier alpha value is -2.38. The minimum absolute atomic E-state index is 0. The molecule has 1 aromatic carbocycles. The van der Waals surface area contributed by atoms with Gasteiger partial charge in [-0.2, -0.15) is 5.10 Å². The van der Waals surface area contributed by atoms with E-state index in [1.54, 1.807) is 0 Å². The molecule has 2 atom stereocenters. The normalized spacial score (nSPS) is 21.2. The summed E-state index contributed by atoms with van der Waals surface area (Å²) in [5, 5.41) is 10.6. The fraction of sp³-hybridized carbons (Fsp3) is 0.500. The van der Waals surface area contributed by atoms with Crippen LogP contribution in [0.4, 0.5) is 0 Å². The first-order valence-corrected chi connectivity index (χ1v) is 10.5. The molecule has 0 aliphatic carbocycles. The Morgan fingerprint density at radius 1 is 1.20 bits per heavy atom. The van der Waals surface area contributed by atoms with Gasteiger partial charge in [-0.1, -0.05) is 0 Å². The van der Waals surface area contributed by atoms with Crippen molar-refractivity contribution >= 4 is 24.2 Å². The average Bonchev–Trinajstić information content (AvgIpc) is 3.44. The van der Waals surface area contributed by atoms with Gasteiger partial charge < -0.3 is 15.5 Å². The van der Waals surface area contributed by atoms with Gasteiger partial charge in [0.15, 0.2) is 0 Å². The molecule has 2 fully saturated rings. The molecule has 2 N–H and O–H groups in total. The molecular formula is C22H30ClN5O2. The maximum Gasteiger partial charge on any atom is 0.253 e. The van der Waals surface area contributed by atoms with E-state index in [-0.39, 0.29) is 30.3 Å². The standard InChI is InChI=1S/C22H29N5O2.ClH/c1-16-12-25-27(14-16)19-8-6-18(7-9-19)22(29)26-11-3-4-17(15-26)13-24-21(28)20-5-2-10-23-20;/h6-9,12,14,17,20,23H,2-5,10-11,13,15H2,1H3,(H,24,28);1H. The number of halogens is 1. The zero-order chi connectivity index (χ0) is 20.2. The van der Waals surface area contributed by atoms with Crippen LogP contribution in [-0.4, -0.2) is 58.7 Å². The topological polar surface area (TPSA) is 79.3 Å². The highest BCUT2D eigenvalue weighted by atomic mass is 35.5. The third kappa shape index (κ3) is 5.21. The summed E-state index contributed by atoms with van der Waals surface area (Å²) in [7, 11) is 0. The molecule has 2 unspecified atom stereocenters. The van der Waals surface area contributed by atoms with Crippen molar-refractivity contribution in [2.45, 2.75) is 38.6 Å². The molecule has 2 aliphatic rings. The molecule has 0 spiro atoms. The number of nitrogens with zero attached hydrogens (tertiary/aromatic N) is 3. The van der Waals surface area contributed by atoms with Crippen LogP contribution < -0.4 is 10.6 Å². The summed E-state index contributed by atoms with van der Waals surface area (Å²) >= 11 is 0. The van der Waals surface area contributed by atoms with E-state index >= 15 is 0 Å². The van der Waals surface area contributed by atoms with Gasteiger partial charge in [0, 0.05) is 31.4 Å². The lowest BCUT2D eigenvalue weighted by Gasteiger charge is -2.33. The number of hydrogen-bond acceptors (Lipinski definition) is 4. The molecule has 2 aliphatic heterocycles. The van der Waals surface area contributed by atoms with Crippen molar-refractivity contribution < 1.29 is 9.59 Å². The highest BCUT2D eigenvalue weighted by Gasteiger charge is 2.27. The molecule has 8 heteroatoms. The molecule has 3 heterocycles. The molecule has 0 saturated carbocycles. The molecule has 0 radical (unpaired) electrons. The number of rotatable bonds is 5. The lowest BCUT2D eigenvalue weighted by Crippen LogP contribution is -2.46. The Balaban J connectivity index is 0.00000256. The SMILES string of the molecule is Cc1cnn(-c2ccc(C(=O)N3CCCC(CNC(=O)C4CCCN4)C3)cc2)c1.Cl. The summed E-state index contributed by atoms with van der Waals surface area (Å²) in [6.45, 7) is 5.02. The van der Waals surface area contributed by atoms with Crippen LogP contribution in [0.3, 0.4) is 0 Å². The van der Waals surface area contributed by atoms with E-state index in [0.29, 0.717) is 24.6 Å². The van der Waals surface area contributed by atoms with Gasteiger partial charge in [0.2, 0.25) is 5.91 Å². The van der Waals surface area contributed by atoms with Gasteiger partial charge in [-0.05, 0) is 74.9 Å². The summed E-state index contributed by atoms with van der Waals surface area (Å²) in [5.41, 5.74) is 2.73. The Kier molecular flexibility index (Phi) is 7.50. The Morgan fingerprint density at radius 2 is 2.00 bits per heavy atom. The zero-order valence-corrected chi connectivity index (χ0v) is 18.2. The Bertz CT molecular complexity index is 861. The fourth-order valence-corrected chi connectivity index (χ4v) is 4.19. The summed E-state index contributed by atoms with van der Waals surface area (Å²) < 4.78 is 1.81. The number of piperidine rings is 1. The first kappa shape index (κ1) is 22.3. The molecule has 2 saturated heterocycles. The maximum absolute atomic E-state index is 13.0. The zero-order valence-electron chi connectivity index (χ0n) is 17.3. The number of aryl methyl sites for hydroxylation is 1. The van der Waals surface area contributed by atoms with Gasteiger partial charge in [-0.15, -0.1) is 12.4 Å². The number of amides is 2. The largest absolute Gasteiger partial charge is 0.354 e. The van der Waals surface area contributed by atoms with E-state index in [2.05, 4.69) is 15.7 Å². The molecule has 30 heavy (non-hydrogen) atoms. The first-order valence-electron chi connectivity index (χ1n) is 10.5. The number of aromatic nitrogens is 2. The summed E-state index contributed by atoms with van der Waals surface area (Å²) in [5.74, 6) is 0.460. The number of carbonyl (C=O) groups excluding carboxylic acids is 2. The molecule has 0 bridgehead atoms. The van der Waals surface area contributed by atoms with Crippen LogP contribution in [0.25, 0.3) is 5.69 Å². The second-order valence-electron chi connectivity index (χ2n) is 8.16. The Labute approximate surface area is 183 Å². The quantitative estimate of drug-likeness (QED) is 0.761. The van der Waals surface area contributed by atoms with Gasteiger partial charge in [0.05, 0.1) is 17.9 Å². The van der Waals surface area contributed by atoms with Gasteiger partial charge >= 0.3 is 0 Å². The fourth-order valence-electron chi connectivity index (χ4n) is 4.19. The summed E-state index contributed by atoms with van der Waals surface area (Å²) in [6.07, 6.45) is 7.76. The highest BCUT2D eigenvalue weighted by Crippen LogP contribution is 2.19. The molecule has 7 nitrogen and oxygen atoms in total. The van der Waals surface area contributed by atoms with Crippen molar-refractivity contribution in [2.24, 2.45) is 5.92 Å². The van der Waals surface area contributed by atoms with Crippen LogP contribution in [0.5, 0.6) is 0 Å². The van der Waals surface area contributed by atoms with Crippen molar-refractivity contribution in [1.82, 2.24) is 25.3 Å². The third-order valence-electron chi connectivity index (χ3n) is 5.84. The second-order valence-corrected chi connectivity index (χ2v) is 8.16. The van der Waals surface area contributed by atoms with E-state index in [1.165, 1.54) is 0 Å². The molecular weight excluding hydrogens is 402 g/mol. The van der Waals surface area contributed by atoms with E-state index in [1.807, 2.05) is 53.2 Å². The van der Waals surface area contributed by atoms with Crippen LogP contribution in [0.2, 0.25) is 0 Å². The minimum atomic E-state index is -0.0478. The maximum atomic E-state index is 13.0. The third-order valence-corrected chi connectivity index (χ3v) is 5.84. The molecule has 4 rings (SSSR count). The lowest BCUT2D eigenvalue weighted by atomic mass is 9.97. The number of hydrogen-bond donors (Lipinski definition) is 2. The van der Waals surface area contributed by atoms with Crippen molar-refractivity contribution in [3.05, 3.63) is 47.8 Å². The molecule has 162 valence electrons. The van der Waals surface area contributed by atoms with Crippen LogP contribution in [0, 0.1) is 12.8 Å². The van der Waals surface area contributed by atoms with Crippen LogP contribution in [0.1, 0.15) is 41.6 Å². The van der Waals surface area contributed by atoms with E-state index in [9.17, 15) is 9.59 Å². The van der Waals surface area contributed by atoms with E-state index < -0.39 is 0 Å². The Morgan fingerprint density at radius 3 is 2.67 bits per heavy atom. The van der Waals surface area contributed by atoms with Crippen LogP contribution >= 0.6 is 12.4 Å². The first-order chi connectivity index (χ1) is 14.1. The monoisotopic (exact) mass is 431 g/mol. The van der Waals surface area contributed by atoms with Crippen LogP contribution in [0.15, 0.2) is 36.7 Å². The van der Waals surface area contributed by atoms with Crippen LogP contribution in [-0.2, 0) is 4.79 Å². The van der Waals surface area contributed by atoms with Crippen molar-refractivity contribution in [2.75, 3.05) is 26.2 Å². The van der Waals surface area contributed by atoms with Gasteiger partial charge in [-0.3, -0.25) is 9.59 Å². The molecule has 2 aromatic rings.